The number of halogens is 3. The maximum atomic E-state index is 6.19. The summed E-state index contributed by atoms with van der Waals surface area (Å²) in [6.07, 6.45) is 1.96. The summed E-state index contributed by atoms with van der Waals surface area (Å²) in [5.74, 6) is 0. The van der Waals surface area contributed by atoms with Crippen LogP contribution in [0.4, 0.5) is 0 Å². The average Bonchev–Trinajstić information content (AvgIpc) is 2.67. The van der Waals surface area contributed by atoms with Crippen molar-refractivity contribution < 1.29 is 0 Å². The molecular formula is C21H22Cl3PSi. The fourth-order valence-electron chi connectivity index (χ4n) is 3.66. The molecule has 0 N–H and O–H groups in total. The molecule has 0 spiro atoms. The fourth-order valence-corrected chi connectivity index (χ4v) is 10.6. The molecule has 0 aliphatic rings. The Labute approximate surface area is 171 Å². The zero-order valence-electron chi connectivity index (χ0n) is 14.4. The minimum atomic E-state index is -2.62. The van der Waals surface area contributed by atoms with Crippen LogP contribution in [0.5, 0.6) is 0 Å². The zero-order valence-corrected chi connectivity index (χ0v) is 18.7. The normalized spacial score (nSPS) is 12.7. The van der Waals surface area contributed by atoms with Crippen LogP contribution >= 0.6 is 40.5 Å². The van der Waals surface area contributed by atoms with Crippen molar-refractivity contribution in [1.82, 2.24) is 0 Å². The van der Waals surface area contributed by atoms with E-state index in [1.54, 1.807) is 0 Å². The van der Waals surface area contributed by atoms with Gasteiger partial charge >= 0.3 is 172 Å². The molecule has 136 valence electrons. The molecule has 0 heterocycles. The second-order valence-electron chi connectivity index (χ2n) is 6.47. The van der Waals surface area contributed by atoms with Gasteiger partial charge in [0.2, 0.25) is 0 Å². The van der Waals surface area contributed by atoms with Gasteiger partial charge in [0, 0.05) is 0 Å². The van der Waals surface area contributed by atoms with Gasteiger partial charge < -0.3 is 0 Å². The Morgan fingerprint density at radius 2 is 0.923 bits per heavy atom. The summed E-state index contributed by atoms with van der Waals surface area (Å²) in [7, 11) is -2.18. The van der Waals surface area contributed by atoms with Crippen LogP contribution in [0.25, 0.3) is 0 Å². The molecule has 5 heteroatoms. The Morgan fingerprint density at radius 1 is 0.577 bits per heavy atom. The van der Waals surface area contributed by atoms with E-state index in [0.717, 1.165) is 12.6 Å². The van der Waals surface area contributed by atoms with E-state index in [2.05, 4.69) is 91.0 Å². The molecule has 26 heavy (non-hydrogen) atoms. The Balaban J connectivity index is 2.15. The van der Waals surface area contributed by atoms with Crippen LogP contribution < -0.4 is 15.9 Å². The number of benzene rings is 3. The first-order valence-corrected chi connectivity index (χ1v) is 16.2. The van der Waals surface area contributed by atoms with Crippen molar-refractivity contribution in [3.05, 3.63) is 91.0 Å². The molecule has 0 bridgehead atoms. The predicted molar refractivity (Wildman–Crippen MR) is 124 cm³/mol. The van der Waals surface area contributed by atoms with Crippen molar-refractivity contribution >= 4 is 62.4 Å². The van der Waals surface area contributed by atoms with Crippen LogP contribution in [-0.2, 0) is 0 Å². The van der Waals surface area contributed by atoms with Gasteiger partial charge in [0.15, 0.2) is 0 Å². The summed E-state index contributed by atoms with van der Waals surface area (Å²) >= 11 is 18.6. The van der Waals surface area contributed by atoms with Crippen LogP contribution in [-0.4, -0.2) is 12.2 Å². The third-order valence-corrected chi connectivity index (χ3v) is 12.5. The maximum absolute atomic E-state index is 6.19. The summed E-state index contributed by atoms with van der Waals surface area (Å²) in [6, 6.07) is 30.7. The van der Waals surface area contributed by atoms with E-state index in [0.29, 0.717) is 6.04 Å². The van der Waals surface area contributed by atoms with Gasteiger partial charge in [-0.3, -0.25) is 0 Å². The van der Waals surface area contributed by atoms with E-state index in [1.165, 1.54) is 15.9 Å². The van der Waals surface area contributed by atoms with Crippen molar-refractivity contribution in [2.45, 2.75) is 12.5 Å². The standard InChI is InChI=1S/C21H22Cl3PSi/c22-26(23,24)18-10-17-25(19-11-4-1-5-12-19,20-13-6-2-7-14-20)21-15-8-3-9-16-21/h1-9,11-16,25H,10,17-18H2. The second-order valence-corrected chi connectivity index (χ2v) is 19.8. The predicted octanol–water partition coefficient (Wildman–Crippen LogP) is 5.76. The van der Waals surface area contributed by atoms with E-state index in [9.17, 15) is 0 Å². The second kappa shape index (κ2) is 8.91. The molecule has 0 radical (unpaired) electrons. The van der Waals surface area contributed by atoms with Gasteiger partial charge in [-0.2, -0.15) is 0 Å². The first-order chi connectivity index (χ1) is 12.5. The topological polar surface area (TPSA) is 0 Å². The Kier molecular flexibility index (Phi) is 6.83. The summed E-state index contributed by atoms with van der Waals surface area (Å²) in [4.78, 5) is 0. The average molecular weight is 440 g/mol. The molecule has 3 rings (SSSR count). The van der Waals surface area contributed by atoms with Gasteiger partial charge in [-0.05, 0) is 0 Å². The molecule has 0 aliphatic heterocycles. The van der Waals surface area contributed by atoms with E-state index in [-0.39, 0.29) is 0 Å². The fraction of sp³-hybridized carbons (Fsp3) is 0.143. The van der Waals surface area contributed by atoms with Gasteiger partial charge in [-0.25, -0.2) is 0 Å². The van der Waals surface area contributed by atoms with Crippen molar-refractivity contribution in [3.63, 3.8) is 0 Å². The Morgan fingerprint density at radius 3 is 1.23 bits per heavy atom. The van der Waals surface area contributed by atoms with Crippen LogP contribution in [0.15, 0.2) is 91.0 Å². The van der Waals surface area contributed by atoms with Crippen LogP contribution in [0, 0.1) is 0 Å². The molecule has 0 fully saturated rings. The molecule has 0 aliphatic carbocycles. The molecule has 0 unspecified atom stereocenters. The molecule has 3 aromatic carbocycles. The molecule has 0 atom stereocenters. The SMILES string of the molecule is Cl[Si](Cl)(Cl)CCC[PH](c1ccccc1)(c1ccccc1)c1ccccc1. The number of hydrogen-bond donors (Lipinski definition) is 0. The molecule has 0 amide bonds. The summed E-state index contributed by atoms with van der Waals surface area (Å²) in [5, 5.41) is 4.22. The molecule has 0 saturated heterocycles. The van der Waals surface area contributed by atoms with Crippen LogP contribution in [0.1, 0.15) is 6.42 Å². The van der Waals surface area contributed by atoms with Crippen LogP contribution in [0.2, 0.25) is 6.04 Å². The quantitative estimate of drug-likeness (QED) is 0.249. The first kappa shape index (κ1) is 19.9. The van der Waals surface area contributed by atoms with E-state index < -0.39 is 13.3 Å². The zero-order chi connectivity index (χ0) is 18.5. The Bertz CT molecular complexity index is 708. The van der Waals surface area contributed by atoms with Crippen molar-refractivity contribution in [3.8, 4) is 0 Å². The van der Waals surface area contributed by atoms with Gasteiger partial charge in [0.25, 0.3) is 0 Å². The first-order valence-electron chi connectivity index (χ1n) is 8.76. The van der Waals surface area contributed by atoms with E-state index in [4.69, 9.17) is 33.2 Å². The van der Waals surface area contributed by atoms with Crippen molar-refractivity contribution in [2.24, 2.45) is 0 Å². The number of hydrogen-bond acceptors (Lipinski definition) is 0. The monoisotopic (exact) mass is 438 g/mol. The van der Waals surface area contributed by atoms with Crippen LogP contribution in [0.3, 0.4) is 0 Å². The third-order valence-electron chi connectivity index (χ3n) is 4.81. The molecular weight excluding hydrogens is 418 g/mol. The van der Waals surface area contributed by atoms with Crippen molar-refractivity contribution in [2.75, 3.05) is 6.16 Å². The molecule has 0 aromatic heterocycles. The van der Waals surface area contributed by atoms with Gasteiger partial charge in [0.1, 0.15) is 0 Å². The molecule has 3 aromatic rings. The van der Waals surface area contributed by atoms with Gasteiger partial charge in [-0.1, -0.05) is 0 Å². The summed E-state index contributed by atoms with van der Waals surface area (Å²) in [5.41, 5.74) is 0. The minimum absolute atomic E-state index is 0.693. The van der Waals surface area contributed by atoms with Gasteiger partial charge in [0.05, 0.1) is 0 Å². The third kappa shape index (κ3) is 4.71. The summed E-state index contributed by atoms with van der Waals surface area (Å²) < 4.78 is 0. The van der Waals surface area contributed by atoms with E-state index >= 15 is 0 Å². The van der Waals surface area contributed by atoms with Crippen molar-refractivity contribution in [1.29, 1.82) is 0 Å². The molecule has 0 saturated carbocycles. The number of rotatable bonds is 7. The van der Waals surface area contributed by atoms with E-state index in [1.807, 2.05) is 0 Å². The van der Waals surface area contributed by atoms with Gasteiger partial charge in [-0.15, -0.1) is 0 Å². The molecule has 0 nitrogen and oxygen atoms in total. The summed E-state index contributed by atoms with van der Waals surface area (Å²) in [6.45, 7) is 0. The Hall–Kier alpha value is -0.823.